The maximum atomic E-state index is 14.0. The van der Waals surface area contributed by atoms with Crippen molar-refractivity contribution < 1.29 is 27.1 Å². The molecule has 2 aromatic carbocycles. The second kappa shape index (κ2) is 10.6. The predicted molar refractivity (Wildman–Crippen MR) is 140 cm³/mol. The van der Waals surface area contributed by atoms with Crippen LogP contribution in [0.1, 0.15) is 29.3 Å². The number of ether oxygens (including phenoxy) is 1. The quantitative estimate of drug-likeness (QED) is 0.258. The minimum atomic E-state index is -4.54. The molecule has 0 aliphatic heterocycles. The number of carbonyl (C=O) groups excluding carboxylic acids is 1. The number of nitrogens with one attached hydrogen (secondary N) is 2. The Balaban J connectivity index is 1.34. The minimum Gasteiger partial charge on any atom is -0.497 e. The predicted octanol–water partition coefficient (Wildman–Crippen LogP) is 6.30. The van der Waals surface area contributed by atoms with Crippen LogP contribution >= 0.6 is 0 Å². The average molecular weight is 539 g/mol. The van der Waals surface area contributed by atoms with Crippen LogP contribution < -0.4 is 15.4 Å². The van der Waals surface area contributed by atoms with Crippen molar-refractivity contribution in [3.05, 3.63) is 83.8 Å². The van der Waals surface area contributed by atoms with Crippen molar-refractivity contribution in [3.63, 3.8) is 0 Å². The van der Waals surface area contributed by atoms with Gasteiger partial charge in [0, 0.05) is 29.9 Å². The summed E-state index contributed by atoms with van der Waals surface area (Å²) in [6.45, 7) is 1.75. The number of alkyl halides is 4. The largest absolute Gasteiger partial charge is 0.497 e. The lowest BCUT2D eigenvalue weighted by Gasteiger charge is -2.22. The van der Waals surface area contributed by atoms with Crippen molar-refractivity contribution in [2.24, 2.45) is 5.92 Å². The third kappa shape index (κ3) is 6.01. The van der Waals surface area contributed by atoms with Crippen LogP contribution in [0.5, 0.6) is 5.75 Å². The van der Waals surface area contributed by atoms with Gasteiger partial charge in [0.05, 0.1) is 18.7 Å². The van der Waals surface area contributed by atoms with E-state index in [9.17, 15) is 22.4 Å². The molecule has 2 aromatic heterocycles. The van der Waals surface area contributed by atoms with E-state index in [4.69, 9.17) is 4.74 Å². The van der Waals surface area contributed by atoms with Crippen molar-refractivity contribution in [1.29, 1.82) is 0 Å². The van der Waals surface area contributed by atoms with E-state index >= 15 is 0 Å². The Kier molecular flexibility index (Phi) is 7.22. The molecule has 2 N–H and O–H groups in total. The smallest absolute Gasteiger partial charge is 0.409 e. The topological polar surface area (TPSA) is 76.1 Å². The van der Waals surface area contributed by atoms with Crippen molar-refractivity contribution >= 4 is 22.5 Å². The Morgan fingerprint density at radius 2 is 1.79 bits per heavy atom. The Morgan fingerprint density at radius 3 is 2.44 bits per heavy atom. The highest BCUT2D eigenvalue weighted by atomic mass is 19.4. The summed E-state index contributed by atoms with van der Waals surface area (Å²) in [6, 6.07) is 13.5. The van der Waals surface area contributed by atoms with Crippen LogP contribution in [0.2, 0.25) is 0 Å². The third-order valence-electron chi connectivity index (χ3n) is 6.76. The minimum absolute atomic E-state index is 0.00574. The summed E-state index contributed by atoms with van der Waals surface area (Å²) in [5, 5.41) is 6.80. The Bertz CT molecular complexity index is 1510. The van der Waals surface area contributed by atoms with Crippen LogP contribution in [0.4, 0.5) is 23.4 Å². The maximum absolute atomic E-state index is 14.0. The molecule has 6 nitrogen and oxygen atoms in total. The number of halogens is 4. The number of carbonyl (C=O) groups is 1. The van der Waals surface area contributed by atoms with Crippen LogP contribution in [0, 0.1) is 12.8 Å². The van der Waals surface area contributed by atoms with E-state index in [0.29, 0.717) is 28.3 Å². The molecule has 1 aliphatic carbocycles. The third-order valence-corrected chi connectivity index (χ3v) is 6.76. The first-order valence-corrected chi connectivity index (χ1v) is 12.4. The summed E-state index contributed by atoms with van der Waals surface area (Å²) in [7, 11) is 1.52. The number of fused-ring (bicyclic) bond motifs is 1. The van der Waals surface area contributed by atoms with Gasteiger partial charge in [-0.05, 0) is 65.8 Å². The van der Waals surface area contributed by atoms with Gasteiger partial charge in [0.15, 0.2) is 0 Å². The number of pyridine rings is 2. The molecule has 1 saturated carbocycles. The lowest BCUT2D eigenvalue weighted by Crippen LogP contribution is -2.34. The van der Waals surface area contributed by atoms with Crippen molar-refractivity contribution in [1.82, 2.24) is 15.3 Å². The fraction of sp³-hybridized carbons (Fsp3) is 0.276. The van der Waals surface area contributed by atoms with Gasteiger partial charge in [-0.25, -0.2) is 9.37 Å². The normalized spacial score (nSPS) is 17.6. The number of hydrogen-bond donors (Lipinski definition) is 2. The van der Waals surface area contributed by atoms with E-state index in [2.05, 4.69) is 20.6 Å². The van der Waals surface area contributed by atoms with Gasteiger partial charge in [0.1, 0.15) is 23.8 Å². The van der Waals surface area contributed by atoms with Gasteiger partial charge in [0.25, 0.3) is 0 Å². The summed E-state index contributed by atoms with van der Waals surface area (Å²) < 4.78 is 60.1. The number of amides is 1. The average Bonchev–Trinajstić information content (AvgIpc) is 3.65. The van der Waals surface area contributed by atoms with Crippen LogP contribution in [-0.2, 0) is 11.3 Å². The summed E-state index contributed by atoms with van der Waals surface area (Å²) in [6.07, 6.45) is -2.36. The van der Waals surface area contributed by atoms with E-state index in [1.165, 1.54) is 19.4 Å². The summed E-state index contributed by atoms with van der Waals surface area (Å²) in [5.41, 5.74) is 2.67. The van der Waals surface area contributed by atoms with E-state index in [0.717, 1.165) is 16.3 Å². The molecule has 0 radical (unpaired) electrons. The van der Waals surface area contributed by atoms with Crippen molar-refractivity contribution in [3.8, 4) is 16.9 Å². The Labute approximate surface area is 222 Å². The van der Waals surface area contributed by atoms with Crippen LogP contribution in [-0.4, -0.2) is 35.3 Å². The number of benzene rings is 2. The van der Waals surface area contributed by atoms with Gasteiger partial charge < -0.3 is 10.1 Å². The fourth-order valence-corrected chi connectivity index (χ4v) is 4.42. The van der Waals surface area contributed by atoms with Crippen LogP contribution in [0.25, 0.3) is 21.9 Å². The number of aryl methyl sites for hydroxylation is 1. The van der Waals surface area contributed by atoms with E-state index in [1.54, 1.807) is 43.5 Å². The molecule has 0 bridgehead atoms. The summed E-state index contributed by atoms with van der Waals surface area (Å²) in [5.74, 6) is -0.0382. The van der Waals surface area contributed by atoms with Gasteiger partial charge >= 0.3 is 6.18 Å². The van der Waals surface area contributed by atoms with Crippen molar-refractivity contribution in [2.45, 2.75) is 38.3 Å². The van der Waals surface area contributed by atoms with Gasteiger partial charge in [-0.1, -0.05) is 24.3 Å². The maximum Gasteiger partial charge on any atom is 0.409 e. The first kappa shape index (κ1) is 26.6. The zero-order valence-electron chi connectivity index (χ0n) is 21.2. The zero-order chi connectivity index (χ0) is 27.7. The van der Waals surface area contributed by atoms with Gasteiger partial charge in [0.2, 0.25) is 5.91 Å². The lowest BCUT2D eigenvalue weighted by atomic mass is 9.98. The number of hydrogen-bond acceptors (Lipinski definition) is 5. The number of nitrogens with zero attached hydrogens (tertiary/aromatic N) is 2. The SMILES string of the molecule is COc1ccc(CNC(c2cc(C)c(-c3ccc4cc(NC(=O)[C@@H]5C[C@@H]5F)ncc4c3)cn2)C(F)(F)F)cc1. The molecule has 3 atom stereocenters. The van der Waals surface area contributed by atoms with Gasteiger partial charge in [-0.2, -0.15) is 13.2 Å². The molecule has 202 valence electrons. The van der Waals surface area contributed by atoms with E-state index in [-0.39, 0.29) is 24.6 Å². The monoisotopic (exact) mass is 538 g/mol. The summed E-state index contributed by atoms with van der Waals surface area (Å²) in [4.78, 5) is 20.4. The first-order valence-electron chi connectivity index (χ1n) is 12.4. The molecular formula is C29H26F4N4O2. The van der Waals surface area contributed by atoms with Gasteiger partial charge in [-0.3, -0.25) is 15.1 Å². The number of aromatic nitrogens is 2. The van der Waals surface area contributed by atoms with E-state index < -0.39 is 24.3 Å². The molecule has 4 aromatic rings. The Morgan fingerprint density at radius 1 is 1.05 bits per heavy atom. The molecule has 0 saturated heterocycles. The number of methoxy groups -OCH3 is 1. The standard InChI is InChI=1S/C29H26F4N4O2/c1-16-9-25(27(29(31,32)33)36-13-17-3-7-21(39-2)8-4-17)34-15-23(16)19-6-5-18-11-26(35-14-20(18)10-19)37-28(38)22-12-24(22)30/h3-11,14-15,22,24,27,36H,12-13H2,1-2H3,(H,35,37,38)/t22-,24+,27?/m1/s1. The highest BCUT2D eigenvalue weighted by Crippen LogP contribution is 2.36. The molecule has 39 heavy (non-hydrogen) atoms. The number of rotatable bonds is 8. The molecule has 1 amide bonds. The van der Waals surface area contributed by atoms with Gasteiger partial charge in [-0.15, -0.1) is 0 Å². The summed E-state index contributed by atoms with van der Waals surface area (Å²) >= 11 is 0. The van der Waals surface area contributed by atoms with E-state index in [1.807, 2.05) is 18.2 Å². The molecule has 5 rings (SSSR count). The number of anilines is 1. The first-order chi connectivity index (χ1) is 18.6. The zero-order valence-corrected chi connectivity index (χ0v) is 21.2. The second-order valence-corrected chi connectivity index (χ2v) is 9.61. The molecule has 10 heteroatoms. The fourth-order valence-electron chi connectivity index (χ4n) is 4.42. The molecule has 0 spiro atoms. The lowest BCUT2D eigenvalue weighted by molar-refractivity contribution is -0.159. The highest BCUT2D eigenvalue weighted by molar-refractivity contribution is 5.96. The van der Waals surface area contributed by atoms with Crippen molar-refractivity contribution in [2.75, 3.05) is 12.4 Å². The highest BCUT2D eigenvalue weighted by Gasteiger charge is 2.44. The molecule has 1 aliphatic rings. The molecular weight excluding hydrogens is 512 g/mol. The molecule has 2 heterocycles. The van der Waals surface area contributed by atoms with Crippen LogP contribution in [0.3, 0.4) is 0 Å². The molecule has 1 fully saturated rings. The van der Waals surface area contributed by atoms with Crippen LogP contribution in [0.15, 0.2) is 67.0 Å². The second-order valence-electron chi connectivity index (χ2n) is 9.61. The molecule has 1 unspecified atom stereocenters. The Hall–Kier alpha value is -4.05.